The van der Waals surface area contributed by atoms with Crippen LogP contribution in [0.25, 0.3) is 17.0 Å². The number of nitrogens with zero attached hydrogens (tertiary/aromatic N) is 3. The number of H-pyrrole nitrogens is 1. The third-order valence-electron chi connectivity index (χ3n) is 7.32. The van der Waals surface area contributed by atoms with Gasteiger partial charge in [0.1, 0.15) is 5.02 Å². The fourth-order valence-corrected chi connectivity index (χ4v) is 5.09. The fourth-order valence-electron chi connectivity index (χ4n) is 4.65. The van der Waals surface area contributed by atoms with E-state index in [0.717, 1.165) is 24.1 Å². The zero-order chi connectivity index (χ0) is 30.8. The number of urea groups is 1. The largest absolute Gasteiger partial charge is 0.465 e. The molecule has 0 saturated carbocycles. The molecule has 0 unspecified atom stereocenters. The Hall–Kier alpha value is -3.07. The molecule has 9 nitrogen and oxygen atoms in total. The van der Waals surface area contributed by atoms with Crippen molar-refractivity contribution in [2.75, 3.05) is 18.5 Å². The third-order valence-corrected chi connectivity index (χ3v) is 7.68. The van der Waals surface area contributed by atoms with Gasteiger partial charge in [0.05, 0.1) is 17.7 Å². The number of halogens is 1. The molecule has 0 atom stereocenters. The molecule has 0 fully saturated rings. The number of hydrogen-bond acceptors (Lipinski definition) is 5. The number of esters is 1. The Balaban J connectivity index is 1.41. The lowest BCUT2D eigenvalue weighted by atomic mass is 9.92. The molecule has 3 rings (SSSR count). The van der Waals surface area contributed by atoms with Gasteiger partial charge in [-0.3, -0.25) is 4.79 Å². The maximum absolute atomic E-state index is 12.6. The molecule has 0 aliphatic carbocycles. The first-order chi connectivity index (χ1) is 19.9. The summed E-state index contributed by atoms with van der Waals surface area (Å²) in [4.78, 5) is 28.5. The van der Waals surface area contributed by atoms with Gasteiger partial charge in [-0.15, -0.1) is 9.73 Å². The van der Waals surface area contributed by atoms with Gasteiger partial charge < -0.3 is 20.4 Å². The van der Waals surface area contributed by atoms with Crippen molar-refractivity contribution in [1.82, 2.24) is 25.1 Å². The van der Waals surface area contributed by atoms with Crippen LogP contribution in [0.1, 0.15) is 111 Å². The number of ether oxygens (including phenoxy) is 1. The maximum Gasteiger partial charge on any atom is 0.319 e. The van der Waals surface area contributed by atoms with Crippen LogP contribution in [0.5, 0.6) is 0 Å². The Morgan fingerprint density at radius 3 is 2.21 bits per heavy atom. The van der Waals surface area contributed by atoms with Gasteiger partial charge in [0.15, 0.2) is 11.5 Å². The van der Waals surface area contributed by atoms with Gasteiger partial charge in [0.25, 0.3) is 0 Å². The van der Waals surface area contributed by atoms with Gasteiger partial charge in [-0.2, -0.15) is 5.10 Å². The lowest BCUT2D eigenvalue weighted by Crippen LogP contribution is -2.41. The normalized spacial score (nSPS) is 12.1. The molecule has 232 valence electrons. The highest BCUT2D eigenvalue weighted by Crippen LogP contribution is 2.32. The maximum atomic E-state index is 12.6. The lowest BCUT2D eigenvalue weighted by Gasteiger charge is -2.23. The van der Waals surface area contributed by atoms with E-state index in [9.17, 15) is 9.59 Å². The van der Waals surface area contributed by atoms with Gasteiger partial charge in [-0.1, -0.05) is 109 Å². The molecule has 0 aliphatic rings. The van der Waals surface area contributed by atoms with Gasteiger partial charge in [-0.05, 0) is 32.4 Å². The van der Waals surface area contributed by atoms with E-state index in [-0.39, 0.29) is 17.9 Å². The third kappa shape index (κ3) is 9.75. The second kappa shape index (κ2) is 15.4. The van der Waals surface area contributed by atoms with Crippen LogP contribution >= 0.6 is 11.6 Å². The minimum absolute atomic E-state index is 0.152. The van der Waals surface area contributed by atoms with Gasteiger partial charge in [0.2, 0.25) is 0 Å². The molecule has 0 aliphatic heterocycles. The van der Waals surface area contributed by atoms with E-state index in [0.29, 0.717) is 28.8 Å². The molecule has 0 spiro atoms. The lowest BCUT2D eigenvalue weighted by molar-refractivity contribution is -0.153. The Morgan fingerprint density at radius 1 is 0.952 bits per heavy atom. The van der Waals surface area contributed by atoms with Crippen LogP contribution in [0.15, 0.2) is 24.3 Å². The van der Waals surface area contributed by atoms with Crippen molar-refractivity contribution in [1.29, 1.82) is 0 Å². The number of unbranched alkanes of at least 4 members (excludes halogenated alkanes) is 9. The van der Waals surface area contributed by atoms with E-state index < -0.39 is 11.4 Å². The van der Waals surface area contributed by atoms with Crippen LogP contribution in [0.3, 0.4) is 0 Å². The predicted octanol–water partition coefficient (Wildman–Crippen LogP) is 8.29. The smallest absolute Gasteiger partial charge is 0.319 e. The fraction of sp³-hybridized carbons (Fsp3) is 0.625. The topological polar surface area (TPSA) is 113 Å². The molecule has 1 aromatic carbocycles. The number of amides is 2. The number of anilines is 1. The minimum atomic E-state index is -0.841. The number of hydrogen-bond donors (Lipinski definition) is 3. The van der Waals surface area contributed by atoms with Crippen molar-refractivity contribution in [3.8, 4) is 11.4 Å². The number of aromatic amines is 1. The van der Waals surface area contributed by atoms with Crippen molar-refractivity contribution in [2.45, 2.75) is 111 Å². The van der Waals surface area contributed by atoms with Crippen molar-refractivity contribution >= 4 is 34.9 Å². The summed E-state index contributed by atoms with van der Waals surface area (Å²) in [6.45, 7) is 12.5. The highest BCUT2D eigenvalue weighted by atomic mass is 35.5. The number of carbonyl (C=O) groups excluding carboxylic acids is 2. The Morgan fingerprint density at radius 2 is 1.60 bits per heavy atom. The molecule has 2 aromatic heterocycles. The molecular formula is C32H49ClN6O3. The standard InChI is InChI=1S/C32H49ClN6O3/c1-7-8-9-10-11-12-13-14-15-16-20-42-29(40)32(5,6)22-34-30(41)35-24-19-17-18-23(21-24)27-36-28-25(33)26(31(2,3)4)37-39(28)38-27/h17-19,21H,7-16,20,22H2,1-6H3,(H,36,38)(H2,34,35,41). The first-order valence-corrected chi connectivity index (χ1v) is 15.8. The summed E-state index contributed by atoms with van der Waals surface area (Å²) in [7, 11) is 0. The van der Waals surface area contributed by atoms with Crippen LogP contribution in [-0.4, -0.2) is 45.0 Å². The summed E-state index contributed by atoms with van der Waals surface area (Å²) in [5.74, 6) is 0.270. The van der Waals surface area contributed by atoms with E-state index in [1.54, 1.807) is 19.9 Å². The van der Waals surface area contributed by atoms with E-state index >= 15 is 0 Å². The second-order valence-corrected chi connectivity index (χ2v) is 13.2. The van der Waals surface area contributed by atoms with Crippen molar-refractivity contribution in [3.63, 3.8) is 0 Å². The van der Waals surface area contributed by atoms with Crippen molar-refractivity contribution in [3.05, 3.63) is 35.0 Å². The number of rotatable bonds is 16. The van der Waals surface area contributed by atoms with E-state index in [4.69, 9.17) is 16.3 Å². The van der Waals surface area contributed by atoms with Gasteiger partial charge in [0, 0.05) is 23.2 Å². The second-order valence-electron chi connectivity index (χ2n) is 12.8. The Kier molecular flexibility index (Phi) is 12.3. The highest BCUT2D eigenvalue weighted by Gasteiger charge is 2.30. The Labute approximate surface area is 255 Å². The first-order valence-electron chi connectivity index (χ1n) is 15.4. The zero-order valence-electron chi connectivity index (χ0n) is 26.2. The van der Waals surface area contributed by atoms with Crippen molar-refractivity contribution in [2.24, 2.45) is 5.41 Å². The number of fused-ring (bicyclic) bond motifs is 1. The van der Waals surface area contributed by atoms with Crippen LogP contribution in [0, 0.1) is 5.41 Å². The Bertz CT molecular complexity index is 1310. The predicted molar refractivity (Wildman–Crippen MR) is 170 cm³/mol. The highest BCUT2D eigenvalue weighted by molar-refractivity contribution is 6.34. The van der Waals surface area contributed by atoms with Crippen LogP contribution in [0.2, 0.25) is 5.02 Å². The van der Waals surface area contributed by atoms with Crippen LogP contribution in [-0.2, 0) is 14.9 Å². The summed E-state index contributed by atoms with van der Waals surface area (Å²) in [6, 6.07) is 6.90. The SMILES string of the molecule is CCCCCCCCCCCCOC(=O)C(C)(C)CNC(=O)Nc1cccc(-c2nn3nc(C(C)(C)C)c(Cl)c3[nH]2)c1. The number of carbonyl (C=O) groups is 2. The van der Waals surface area contributed by atoms with E-state index in [1.807, 2.05) is 39.0 Å². The molecule has 2 amide bonds. The molecule has 3 N–H and O–H groups in total. The molecule has 0 radical (unpaired) electrons. The number of benzene rings is 1. The van der Waals surface area contributed by atoms with Gasteiger partial charge in [-0.25, -0.2) is 4.79 Å². The van der Waals surface area contributed by atoms with Gasteiger partial charge >= 0.3 is 12.0 Å². The molecule has 0 saturated heterocycles. The molecule has 2 heterocycles. The molecule has 3 aromatic rings. The summed E-state index contributed by atoms with van der Waals surface area (Å²) >= 11 is 6.56. The zero-order valence-corrected chi connectivity index (χ0v) is 27.0. The number of nitrogens with one attached hydrogen (secondary N) is 3. The quantitative estimate of drug-likeness (QED) is 0.113. The van der Waals surface area contributed by atoms with Crippen molar-refractivity contribution < 1.29 is 14.3 Å². The monoisotopic (exact) mass is 600 g/mol. The minimum Gasteiger partial charge on any atom is -0.465 e. The van der Waals surface area contributed by atoms with Crippen LogP contribution in [0.4, 0.5) is 10.5 Å². The summed E-state index contributed by atoms with van der Waals surface area (Å²) < 4.78 is 7.01. The summed E-state index contributed by atoms with van der Waals surface area (Å²) in [5.41, 5.74) is 1.69. The molecule has 10 heteroatoms. The van der Waals surface area contributed by atoms with E-state index in [1.165, 1.54) is 56.0 Å². The molecule has 0 bridgehead atoms. The first kappa shape index (κ1) is 33.4. The summed E-state index contributed by atoms with van der Waals surface area (Å²) in [5, 5.41) is 15.2. The average molecular weight is 601 g/mol. The molecular weight excluding hydrogens is 552 g/mol. The summed E-state index contributed by atoms with van der Waals surface area (Å²) in [6.07, 6.45) is 12.3. The van der Waals surface area contributed by atoms with Crippen LogP contribution < -0.4 is 10.6 Å². The van der Waals surface area contributed by atoms with E-state index in [2.05, 4.69) is 32.7 Å². The molecule has 42 heavy (non-hydrogen) atoms. The average Bonchev–Trinajstić information content (AvgIpc) is 3.50. The number of aromatic nitrogens is 4.